The first-order valence-electron chi connectivity index (χ1n) is 5.26. The Kier molecular flexibility index (Phi) is 3.87. The molecule has 0 aliphatic carbocycles. The Labute approximate surface area is 90.0 Å². The van der Waals surface area contributed by atoms with Crippen molar-refractivity contribution < 1.29 is 0 Å². The van der Waals surface area contributed by atoms with Gasteiger partial charge < -0.3 is 0 Å². The fourth-order valence-corrected chi connectivity index (χ4v) is 4.45. The molecule has 1 nitrogen and oxygen atoms in total. The van der Waals surface area contributed by atoms with Gasteiger partial charge in [-0.1, -0.05) is 0 Å². The molecule has 2 unspecified atom stereocenters. The highest BCUT2D eigenvalue weighted by molar-refractivity contribution is 7.99. The van der Waals surface area contributed by atoms with Crippen LogP contribution in [0.4, 0.5) is 0 Å². The van der Waals surface area contributed by atoms with E-state index in [0.29, 0.717) is 0 Å². The number of hydrogen-bond acceptors (Lipinski definition) is 3. The normalized spacial score (nSPS) is 36.7. The van der Waals surface area contributed by atoms with E-state index in [1.54, 1.807) is 0 Å². The molecule has 3 heteroatoms. The van der Waals surface area contributed by atoms with Crippen molar-refractivity contribution in [3.63, 3.8) is 0 Å². The van der Waals surface area contributed by atoms with E-state index in [1.165, 1.54) is 42.5 Å². The Morgan fingerprint density at radius 1 is 1.23 bits per heavy atom. The van der Waals surface area contributed by atoms with Gasteiger partial charge in [0.25, 0.3) is 0 Å². The van der Waals surface area contributed by atoms with Crippen LogP contribution in [-0.4, -0.2) is 47.0 Å². The second-order valence-corrected chi connectivity index (χ2v) is 6.45. The molecule has 0 bridgehead atoms. The summed E-state index contributed by atoms with van der Waals surface area (Å²) in [6.45, 7) is 5.08. The van der Waals surface area contributed by atoms with E-state index >= 15 is 0 Å². The molecule has 2 atom stereocenters. The smallest absolute Gasteiger partial charge is 0.0158 e. The Bertz CT molecular complexity index is 157. The van der Waals surface area contributed by atoms with Crippen molar-refractivity contribution in [3.05, 3.63) is 0 Å². The van der Waals surface area contributed by atoms with E-state index in [1.807, 2.05) is 0 Å². The minimum absolute atomic E-state index is 0.823. The third-order valence-electron chi connectivity index (χ3n) is 3.02. The van der Waals surface area contributed by atoms with Gasteiger partial charge in [-0.2, -0.15) is 23.5 Å². The average molecular weight is 217 g/mol. The van der Waals surface area contributed by atoms with Gasteiger partial charge in [-0.05, 0) is 30.8 Å². The third-order valence-corrected chi connectivity index (χ3v) is 5.44. The molecule has 76 valence electrons. The van der Waals surface area contributed by atoms with Crippen molar-refractivity contribution >= 4 is 23.5 Å². The largest absolute Gasteiger partial charge is 0.299 e. The molecule has 0 spiro atoms. The highest BCUT2D eigenvalue weighted by atomic mass is 32.2. The summed E-state index contributed by atoms with van der Waals surface area (Å²) in [5, 5.41) is 0. The van der Waals surface area contributed by atoms with Gasteiger partial charge in [0.2, 0.25) is 0 Å². The monoisotopic (exact) mass is 217 g/mol. The average Bonchev–Trinajstić information content (AvgIpc) is 2.61. The van der Waals surface area contributed by atoms with Crippen molar-refractivity contribution in [3.8, 4) is 0 Å². The molecule has 0 aromatic carbocycles. The first-order chi connectivity index (χ1) is 6.36. The summed E-state index contributed by atoms with van der Waals surface area (Å²) in [5.41, 5.74) is 0. The van der Waals surface area contributed by atoms with Crippen LogP contribution in [0.1, 0.15) is 13.3 Å². The Morgan fingerprint density at radius 3 is 2.77 bits per heavy atom. The maximum absolute atomic E-state index is 2.70. The fraction of sp³-hybridized carbons (Fsp3) is 1.00. The zero-order valence-electron chi connectivity index (χ0n) is 8.37. The van der Waals surface area contributed by atoms with E-state index in [-0.39, 0.29) is 0 Å². The second-order valence-electron chi connectivity index (χ2n) is 4.15. The minimum atomic E-state index is 0.823. The summed E-state index contributed by atoms with van der Waals surface area (Å²) in [6.07, 6.45) is 1.46. The SMILES string of the molecule is CC1CSCCN1CC1CCSC1. The second kappa shape index (κ2) is 4.94. The third kappa shape index (κ3) is 2.80. The van der Waals surface area contributed by atoms with Crippen molar-refractivity contribution in [2.75, 3.05) is 36.1 Å². The van der Waals surface area contributed by atoms with Crippen molar-refractivity contribution in [2.24, 2.45) is 5.92 Å². The van der Waals surface area contributed by atoms with Crippen LogP contribution in [0, 0.1) is 5.92 Å². The number of rotatable bonds is 2. The summed E-state index contributed by atoms with van der Waals surface area (Å²) in [6, 6.07) is 0.823. The summed E-state index contributed by atoms with van der Waals surface area (Å²) in [5.74, 6) is 6.51. The topological polar surface area (TPSA) is 3.24 Å². The number of nitrogens with zero attached hydrogens (tertiary/aromatic N) is 1. The van der Waals surface area contributed by atoms with Crippen LogP contribution in [0.5, 0.6) is 0 Å². The first kappa shape index (κ1) is 10.2. The van der Waals surface area contributed by atoms with Gasteiger partial charge in [0.15, 0.2) is 0 Å². The van der Waals surface area contributed by atoms with Crippen molar-refractivity contribution in [2.45, 2.75) is 19.4 Å². The lowest BCUT2D eigenvalue weighted by Gasteiger charge is -2.34. The van der Waals surface area contributed by atoms with Crippen LogP contribution < -0.4 is 0 Å². The molecule has 2 saturated heterocycles. The van der Waals surface area contributed by atoms with Gasteiger partial charge in [-0.15, -0.1) is 0 Å². The van der Waals surface area contributed by atoms with Crippen LogP contribution in [0.2, 0.25) is 0 Å². The molecular formula is C10H19NS2. The molecule has 2 fully saturated rings. The molecule has 0 aromatic rings. The minimum Gasteiger partial charge on any atom is -0.299 e. The summed E-state index contributed by atoms with van der Waals surface area (Å²) < 4.78 is 0. The maximum Gasteiger partial charge on any atom is 0.0158 e. The fourth-order valence-electron chi connectivity index (χ4n) is 2.09. The van der Waals surface area contributed by atoms with Crippen LogP contribution in [0.3, 0.4) is 0 Å². The van der Waals surface area contributed by atoms with Gasteiger partial charge in [0, 0.05) is 30.6 Å². The highest BCUT2D eigenvalue weighted by Gasteiger charge is 2.23. The van der Waals surface area contributed by atoms with Crippen molar-refractivity contribution in [1.29, 1.82) is 0 Å². The van der Waals surface area contributed by atoms with Gasteiger partial charge in [-0.3, -0.25) is 4.90 Å². The van der Waals surface area contributed by atoms with Crippen molar-refractivity contribution in [1.82, 2.24) is 4.90 Å². The van der Waals surface area contributed by atoms with Gasteiger partial charge in [-0.25, -0.2) is 0 Å². The van der Waals surface area contributed by atoms with E-state index in [9.17, 15) is 0 Å². The molecule has 0 radical (unpaired) electrons. The zero-order chi connectivity index (χ0) is 9.10. The van der Waals surface area contributed by atoms with Gasteiger partial charge in [0.05, 0.1) is 0 Å². The standard InChI is InChI=1S/C10H19NS2/c1-9-7-13-5-3-11(9)6-10-2-4-12-8-10/h9-10H,2-8H2,1H3. The Morgan fingerprint density at radius 2 is 2.08 bits per heavy atom. The van der Waals surface area contributed by atoms with Crippen LogP contribution in [0.25, 0.3) is 0 Å². The Balaban J connectivity index is 1.78. The summed E-state index contributed by atoms with van der Waals surface area (Å²) >= 11 is 4.26. The van der Waals surface area contributed by atoms with E-state index < -0.39 is 0 Å². The molecule has 2 aliphatic rings. The lowest BCUT2D eigenvalue weighted by molar-refractivity contribution is 0.203. The zero-order valence-corrected chi connectivity index (χ0v) is 10.0. The molecule has 0 N–H and O–H groups in total. The van der Waals surface area contributed by atoms with Gasteiger partial charge >= 0.3 is 0 Å². The molecule has 0 saturated carbocycles. The van der Waals surface area contributed by atoms with E-state index in [2.05, 4.69) is 35.3 Å². The van der Waals surface area contributed by atoms with Crippen LogP contribution >= 0.6 is 23.5 Å². The summed E-state index contributed by atoms with van der Waals surface area (Å²) in [7, 11) is 0. The van der Waals surface area contributed by atoms with E-state index in [4.69, 9.17) is 0 Å². The maximum atomic E-state index is 2.70. The quantitative estimate of drug-likeness (QED) is 0.698. The predicted octanol–water partition coefficient (Wildman–Crippen LogP) is 2.18. The molecule has 2 rings (SSSR count). The Hall–Kier alpha value is 0.660. The summed E-state index contributed by atoms with van der Waals surface area (Å²) in [4.78, 5) is 2.70. The number of hydrogen-bond donors (Lipinski definition) is 0. The molecule has 2 aliphatic heterocycles. The molecule has 2 heterocycles. The lowest BCUT2D eigenvalue weighted by Crippen LogP contribution is -2.43. The highest BCUT2D eigenvalue weighted by Crippen LogP contribution is 2.26. The van der Waals surface area contributed by atoms with E-state index in [0.717, 1.165) is 12.0 Å². The molecule has 0 amide bonds. The molecule has 13 heavy (non-hydrogen) atoms. The van der Waals surface area contributed by atoms with Crippen LogP contribution in [0.15, 0.2) is 0 Å². The van der Waals surface area contributed by atoms with Gasteiger partial charge in [0.1, 0.15) is 0 Å². The predicted molar refractivity (Wildman–Crippen MR) is 63.8 cm³/mol. The molecular weight excluding hydrogens is 198 g/mol. The first-order valence-corrected chi connectivity index (χ1v) is 7.57. The number of thioether (sulfide) groups is 2. The molecule has 0 aromatic heterocycles. The lowest BCUT2D eigenvalue weighted by atomic mass is 10.1. The van der Waals surface area contributed by atoms with Crippen LogP contribution in [-0.2, 0) is 0 Å².